The third-order valence-corrected chi connectivity index (χ3v) is 4.27. The lowest BCUT2D eigenvalue weighted by molar-refractivity contribution is 0.477. The number of aromatic hydroxyl groups is 1. The highest BCUT2D eigenvalue weighted by Crippen LogP contribution is 2.30. The van der Waals surface area contributed by atoms with Crippen LogP contribution in [0, 0.1) is 0 Å². The van der Waals surface area contributed by atoms with Gasteiger partial charge in [0.2, 0.25) is 5.95 Å². The number of nitrogens with zero attached hydrogens (tertiary/aromatic N) is 2. The van der Waals surface area contributed by atoms with Gasteiger partial charge in [-0.3, -0.25) is 0 Å². The van der Waals surface area contributed by atoms with Gasteiger partial charge in [-0.1, -0.05) is 72.8 Å². The Bertz CT molecular complexity index is 1030. The fourth-order valence-electron chi connectivity index (χ4n) is 2.89. The number of anilines is 1. The first-order valence-corrected chi connectivity index (χ1v) is 8.80. The Kier molecular flexibility index (Phi) is 4.79. The molecule has 0 spiro atoms. The number of rotatable bonds is 5. The molecule has 0 radical (unpaired) electrons. The van der Waals surface area contributed by atoms with E-state index in [1.165, 1.54) is 0 Å². The molecule has 0 saturated carbocycles. The van der Waals surface area contributed by atoms with Crippen molar-refractivity contribution in [1.29, 1.82) is 0 Å². The van der Waals surface area contributed by atoms with E-state index in [2.05, 4.69) is 27.4 Å². The summed E-state index contributed by atoms with van der Waals surface area (Å²) in [4.78, 5) is 9.29. The van der Waals surface area contributed by atoms with Crippen LogP contribution in [-0.4, -0.2) is 15.1 Å². The minimum absolute atomic E-state index is 0.198. The maximum atomic E-state index is 10.2. The number of phenolic OH excluding ortho intramolecular Hbond substituents is 1. The lowest BCUT2D eigenvalue weighted by Gasteiger charge is -2.11. The van der Waals surface area contributed by atoms with E-state index < -0.39 is 0 Å². The summed E-state index contributed by atoms with van der Waals surface area (Å²) in [6.45, 7) is 0.624. The van der Waals surface area contributed by atoms with Gasteiger partial charge in [0.25, 0.3) is 0 Å². The van der Waals surface area contributed by atoms with Gasteiger partial charge in [-0.05, 0) is 23.8 Å². The van der Waals surface area contributed by atoms with Crippen molar-refractivity contribution in [2.24, 2.45) is 0 Å². The third kappa shape index (κ3) is 3.96. The molecule has 0 aliphatic rings. The van der Waals surface area contributed by atoms with Crippen molar-refractivity contribution in [3.8, 4) is 28.3 Å². The number of nitrogens with one attached hydrogen (secondary N) is 1. The molecule has 27 heavy (non-hydrogen) atoms. The van der Waals surface area contributed by atoms with Gasteiger partial charge in [-0.25, -0.2) is 9.97 Å². The van der Waals surface area contributed by atoms with Crippen LogP contribution >= 0.6 is 0 Å². The maximum Gasteiger partial charge on any atom is 0.224 e. The summed E-state index contributed by atoms with van der Waals surface area (Å²) < 4.78 is 0. The van der Waals surface area contributed by atoms with Crippen molar-refractivity contribution < 1.29 is 5.11 Å². The summed E-state index contributed by atoms with van der Waals surface area (Å²) in [5.74, 6) is 0.725. The lowest BCUT2D eigenvalue weighted by Crippen LogP contribution is -2.05. The average molecular weight is 353 g/mol. The molecule has 0 aliphatic heterocycles. The summed E-state index contributed by atoms with van der Waals surface area (Å²) in [6, 6.07) is 29.2. The second-order valence-electron chi connectivity index (χ2n) is 6.18. The van der Waals surface area contributed by atoms with E-state index in [1.54, 1.807) is 12.1 Å². The predicted octanol–water partition coefficient (Wildman–Crippen LogP) is 5.13. The summed E-state index contributed by atoms with van der Waals surface area (Å²) in [7, 11) is 0. The van der Waals surface area contributed by atoms with E-state index in [0.717, 1.165) is 16.8 Å². The fourth-order valence-corrected chi connectivity index (χ4v) is 2.89. The molecule has 3 aromatic carbocycles. The van der Waals surface area contributed by atoms with Crippen LogP contribution < -0.4 is 5.32 Å². The SMILES string of the molecule is Oc1ccccc1-c1cc(-c2ccccc2)nc(NCc2ccccc2)n1. The van der Waals surface area contributed by atoms with Crippen molar-refractivity contribution in [3.63, 3.8) is 0 Å². The van der Waals surface area contributed by atoms with Crippen molar-refractivity contribution in [3.05, 3.63) is 96.6 Å². The molecule has 0 saturated heterocycles. The molecule has 0 unspecified atom stereocenters. The zero-order valence-corrected chi connectivity index (χ0v) is 14.7. The molecule has 2 N–H and O–H groups in total. The summed E-state index contributed by atoms with van der Waals surface area (Å²) >= 11 is 0. The largest absolute Gasteiger partial charge is 0.507 e. The van der Waals surface area contributed by atoms with Crippen molar-refractivity contribution >= 4 is 5.95 Å². The van der Waals surface area contributed by atoms with Gasteiger partial charge < -0.3 is 10.4 Å². The van der Waals surface area contributed by atoms with Gasteiger partial charge in [0.1, 0.15) is 5.75 Å². The van der Waals surface area contributed by atoms with Gasteiger partial charge in [0, 0.05) is 17.7 Å². The average Bonchev–Trinajstić information content (AvgIpc) is 2.74. The first-order chi connectivity index (χ1) is 13.3. The van der Waals surface area contributed by atoms with Gasteiger partial charge in [0.05, 0.1) is 11.4 Å². The monoisotopic (exact) mass is 353 g/mol. The molecule has 1 heterocycles. The second-order valence-corrected chi connectivity index (χ2v) is 6.18. The Morgan fingerprint density at radius 3 is 2.07 bits per heavy atom. The Balaban J connectivity index is 1.74. The summed E-state index contributed by atoms with van der Waals surface area (Å²) in [5, 5.41) is 13.5. The van der Waals surface area contributed by atoms with E-state index in [4.69, 9.17) is 0 Å². The zero-order valence-electron chi connectivity index (χ0n) is 14.7. The lowest BCUT2D eigenvalue weighted by atomic mass is 10.1. The summed E-state index contributed by atoms with van der Waals surface area (Å²) in [6.07, 6.45) is 0. The molecule has 0 amide bonds. The van der Waals surface area contributed by atoms with Crippen LogP contribution in [0.4, 0.5) is 5.95 Å². The Morgan fingerprint density at radius 2 is 1.33 bits per heavy atom. The standard InChI is InChI=1S/C23H19N3O/c27-22-14-8-7-13-19(22)21-15-20(18-11-5-2-6-12-18)25-23(26-21)24-16-17-9-3-1-4-10-17/h1-15,27H,16H2,(H,24,25,26). The highest BCUT2D eigenvalue weighted by atomic mass is 16.3. The zero-order chi connectivity index (χ0) is 18.5. The van der Waals surface area contributed by atoms with E-state index in [0.29, 0.717) is 23.8 Å². The van der Waals surface area contributed by atoms with Crippen LogP contribution in [0.15, 0.2) is 91.0 Å². The minimum atomic E-state index is 0.198. The van der Waals surface area contributed by atoms with Gasteiger partial charge in [0.15, 0.2) is 0 Å². The topological polar surface area (TPSA) is 58.0 Å². The van der Waals surface area contributed by atoms with E-state index in [9.17, 15) is 5.11 Å². The Morgan fingerprint density at radius 1 is 0.704 bits per heavy atom. The Labute approximate surface area is 158 Å². The molecule has 4 aromatic rings. The molecule has 4 rings (SSSR count). The van der Waals surface area contributed by atoms with Crippen LogP contribution in [-0.2, 0) is 6.54 Å². The molecule has 132 valence electrons. The molecule has 1 aromatic heterocycles. The van der Waals surface area contributed by atoms with Gasteiger partial charge in [-0.15, -0.1) is 0 Å². The smallest absolute Gasteiger partial charge is 0.224 e. The number of aromatic nitrogens is 2. The molecule has 0 fully saturated rings. The van der Waals surface area contributed by atoms with Gasteiger partial charge >= 0.3 is 0 Å². The van der Waals surface area contributed by atoms with Crippen LogP contribution in [0.3, 0.4) is 0 Å². The first-order valence-electron chi connectivity index (χ1n) is 8.80. The first kappa shape index (κ1) is 16.8. The minimum Gasteiger partial charge on any atom is -0.507 e. The van der Waals surface area contributed by atoms with E-state index in [-0.39, 0.29) is 5.75 Å². The van der Waals surface area contributed by atoms with Crippen molar-refractivity contribution in [2.75, 3.05) is 5.32 Å². The number of benzene rings is 3. The van der Waals surface area contributed by atoms with Crippen LogP contribution in [0.2, 0.25) is 0 Å². The highest BCUT2D eigenvalue weighted by Gasteiger charge is 2.11. The molecule has 4 heteroatoms. The third-order valence-electron chi connectivity index (χ3n) is 4.27. The summed E-state index contributed by atoms with van der Waals surface area (Å²) in [5.41, 5.74) is 4.31. The molecular formula is C23H19N3O. The van der Waals surface area contributed by atoms with Crippen molar-refractivity contribution in [1.82, 2.24) is 9.97 Å². The van der Waals surface area contributed by atoms with Crippen LogP contribution in [0.5, 0.6) is 5.75 Å². The number of phenols is 1. The van der Waals surface area contributed by atoms with Crippen LogP contribution in [0.25, 0.3) is 22.5 Å². The molecular weight excluding hydrogens is 334 g/mol. The molecule has 0 bridgehead atoms. The highest BCUT2D eigenvalue weighted by molar-refractivity contribution is 5.72. The fraction of sp³-hybridized carbons (Fsp3) is 0.0435. The van der Waals surface area contributed by atoms with Gasteiger partial charge in [-0.2, -0.15) is 0 Å². The second kappa shape index (κ2) is 7.70. The predicted molar refractivity (Wildman–Crippen MR) is 108 cm³/mol. The number of hydrogen-bond donors (Lipinski definition) is 2. The van der Waals surface area contributed by atoms with E-state index >= 15 is 0 Å². The number of para-hydroxylation sites is 1. The molecule has 0 atom stereocenters. The number of hydrogen-bond acceptors (Lipinski definition) is 4. The molecule has 4 nitrogen and oxygen atoms in total. The quantitative estimate of drug-likeness (QED) is 0.522. The normalized spacial score (nSPS) is 10.5. The maximum absolute atomic E-state index is 10.2. The van der Waals surface area contributed by atoms with E-state index in [1.807, 2.05) is 66.7 Å². The molecule has 0 aliphatic carbocycles. The Hall–Kier alpha value is -3.66. The van der Waals surface area contributed by atoms with Crippen molar-refractivity contribution in [2.45, 2.75) is 6.54 Å². The van der Waals surface area contributed by atoms with Crippen LogP contribution in [0.1, 0.15) is 5.56 Å².